The lowest BCUT2D eigenvalue weighted by Gasteiger charge is -2.26. The molecule has 194 valence electrons. The number of aromatic nitrogens is 1. The van der Waals surface area contributed by atoms with E-state index in [4.69, 9.17) is 9.47 Å². The molecule has 1 aliphatic rings. The number of para-hydroxylation sites is 1. The van der Waals surface area contributed by atoms with Gasteiger partial charge in [0.25, 0.3) is 0 Å². The monoisotopic (exact) mass is 506 g/mol. The molecular formula is C33H34N2O3. The van der Waals surface area contributed by atoms with Crippen molar-refractivity contribution in [2.24, 2.45) is 0 Å². The molecule has 0 bridgehead atoms. The summed E-state index contributed by atoms with van der Waals surface area (Å²) in [5.41, 5.74) is 6.75. The van der Waals surface area contributed by atoms with Gasteiger partial charge in [-0.2, -0.15) is 0 Å². The summed E-state index contributed by atoms with van der Waals surface area (Å²) < 4.78 is 11.8. The molecule has 5 heteroatoms. The lowest BCUT2D eigenvalue weighted by molar-refractivity contribution is -0.118. The van der Waals surface area contributed by atoms with Gasteiger partial charge in [0.15, 0.2) is 0 Å². The zero-order valence-corrected chi connectivity index (χ0v) is 21.7. The Morgan fingerprint density at radius 3 is 2.45 bits per heavy atom. The van der Waals surface area contributed by atoms with Crippen molar-refractivity contribution in [3.05, 3.63) is 120 Å². The minimum atomic E-state index is 0.239. The maximum absolute atomic E-state index is 12.4. The number of ketones is 1. The van der Waals surface area contributed by atoms with E-state index in [-0.39, 0.29) is 5.78 Å². The van der Waals surface area contributed by atoms with Gasteiger partial charge in [0.05, 0.1) is 13.2 Å². The van der Waals surface area contributed by atoms with Crippen molar-refractivity contribution in [2.75, 3.05) is 26.3 Å². The van der Waals surface area contributed by atoms with E-state index < -0.39 is 0 Å². The summed E-state index contributed by atoms with van der Waals surface area (Å²) in [7, 11) is 0. The zero-order valence-electron chi connectivity index (χ0n) is 21.7. The standard InChI is InChI=1S/C33H34N2O3/c36-31(15-14-27-6-4-16-34-23-27)22-26-10-12-28(13-11-26)25-38-33-9-2-1-8-32(33)30-7-3-5-29(21-30)24-35-17-19-37-20-18-35/h1-13,16,21,23H,14-15,17-20,22,24-25H2. The lowest BCUT2D eigenvalue weighted by Crippen LogP contribution is -2.35. The van der Waals surface area contributed by atoms with E-state index in [1.54, 1.807) is 6.20 Å². The summed E-state index contributed by atoms with van der Waals surface area (Å²) in [5.74, 6) is 1.10. The maximum atomic E-state index is 12.4. The Balaban J connectivity index is 1.17. The van der Waals surface area contributed by atoms with E-state index in [1.807, 2.05) is 42.6 Å². The molecular weight excluding hydrogens is 472 g/mol. The number of carbonyl (C=O) groups is 1. The van der Waals surface area contributed by atoms with Gasteiger partial charge in [-0.3, -0.25) is 14.7 Å². The Morgan fingerprint density at radius 1 is 0.842 bits per heavy atom. The SMILES string of the molecule is O=C(CCc1cccnc1)Cc1ccc(COc2ccccc2-c2cccc(CN3CCOCC3)c2)cc1. The molecule has 3 aromatic carbocycles. The van der Waals surface area contributed by atoms with Crippen molar-refractivity contribution < 1.29 is 14.3 Å². The maximum Gasteiger partial charge on any atom is 0.137 e. The molecule has 0 spiro atoms. The average molecular weight is 507 g/mol. The number of hydrogen-bond acceptors (Lipinski definition) is 5. The molecule has 1 fully saturated rings. The normalized spacial score (nSPS) is 13.8. The van der Waals surface area contributed by atoms with Crippen molar-refractivity contribution in [3.63, 3.8) is 0 Å². The van der Waals surface area contributed by atoms with E-state index in [0.29, 0.717) is 19.4 Å². The molecule has 5 rings (SSSR count). The third-order valence-electron chi connectivity index (χ3n) is 6.87. The number of aryl methyl sites for hydroxylation is 1. The van der Waals surface area contributed by atoms with Crippen molar-refractivity contribution in [3.8, 4) is 16.9 Å². The Bertz CT molecular complexity index is 1320. The predicted octanol–water partition coefficient (Wildman–Crippen LogP) is 5.90. The number of ether oxygens (including phenoxy) is 2. The summed E-state index contributed by atoms with van der Waals surface area (Å²) in [5, 5.41) is 0. The largest absolute Gasteiger partial charge is 0.488 e. The van der Waals surface area contributed by atoms with Gasteiger partial charge in [-0.1, -0.05) is 66.7 Å². The van der Waals surface area contributed by atoms with Gasteiger partial charge in [-0.25, -0.2) is 0 Å². The molecule has 0 radical (unpaired) electrons. The molecule has 0 atom stereocenters. The fraction of sp³-hybridized carbons (Fsp3) is 0.273. The average Bonchev–Trinajstić information content (AvgIpc) is 2.97. The van der Waals surface area contributed by atoms with Gasteiger partial charge in [-0.05, 0) is 52.4 Å². The number of pyridine rings is 1. The summed E-state index contributed by atoms with van der Waals surface area (Å²) in [6.45, 7) is 4.96. The molecule has 38 heavy (non-hydrogen) atoms. The minimum Gasteiger partial charge on any atom is -0.488 e. The first-order valence-corrected chi connectivity index (χ1v) is 13.3. The lowest BCUT2D eigenvalue weighted by atomic mass is 10.0. The molecule has 2 heterocycles. The molecule has 0 N–H and O–H groups in total. The van der Waals surface area contributed by atoms with Crippen LogP contribution >= 0.6 is 0 Å². The number of morpholine rings is 1. The Morgan fingerprint density at radius 2 is 1.63 bits per heavy atom. The first-order chi connectivity index (χ1) is 18.7. The number of hydrogen-bond donors (Lipinski definition) is 0. The van der Waals surface area contributed by atoms with E-state index in [9.17, 15) is 4.79 Å². The Labute approximate surface area is 225 Å². The van der Waals surface area contributed by atoms with Crippen LogP contribution in [-0.2, 0) is 35.5 Å². The van der Waals surface area contributed by atoms with Crippen LogP contribution in [0.25, 0.3) is 11.1 Å². The molecule has 1 aromatic heterocycles. The van der Waals surface area contributed by atoms with Crippen LogP contribution in [0, 0.1) is 0 Å². The molecule has 0 saturated carbocycles. The third kappa shape index (κ3) is 7.37. The number of nitrogens with zero attached hydrogens (tertiary/aromatic N) is 2. The fourth-order valence-corrected chi connectivity index (χ4v) is 4.75. The minimum absolute atomic E-state index is 0.239. The molecule has 0 unspecified atom stereocenters. The molecule has 4 aromatic rings. The van der Waals surface area contributed by atoms with E-state index >= 15 is 0 Å². The number of rotatable bonds is 11. The summed E-state index contributed by atoms with van der Waals surface area (Å²) in [4.78, 5) is 19.0. The molecule has 1 aliphatic heterocycles. The summed E-state index contributed by atoms with van der Waals surface area (Å²) in [6, 6.07) is 29.0. The Kier molecular flexibility index (Phi) is 8.93. The van der Waals surface area contributed by atoms with Gasteiger partial charge in [0, 0.05) is 50.4 Å². The predicted molar refractivity (Wildman–Crippen MR) is 150 cm³/mol. The second-order valence-corrected chi connectivity index (χ2v) is 9.77. The second-order valence-electron chi connectivity index (χ2n) is 9.77. The molecule has 1 saturated heterocycles. The molecule has 0 aliphatic carbocycles. The van der Waals surface area contributed by atoms with Crippen LogP contribution in [0.5, 0.6) is 5.75 Å². The summed E-state index contributed by atoms with van der Waals surface area (Å²) in [6.07, 6.45) is 5.28. The smallest absolute Gasteiger partial charge is 0.137 e. The molecule has 0 amide bonds. The van der Waals surface area contributed by atoms with Crippen LogP contribution in [-0.4, -0.2) is 42.0 Å². The summed E-state index contributed by atoms with van der Waals surface area (Å²) >= 11 is 0. The van der Waals surface area contributed by atoms with Gasteiger partial charge < -0.3 is 9.47 Å². The highest BCUT2D eigenvalue weighted by atomic mass is 16.5. The van der Waals surface area contributed by atoms with Gasteiger partial charge >= 0.3 is 0 Å². The fourth-order valence-electron chi connectivity index (χ4n) is 4.75. The van der Waals surface area contributed by atoms with Crippen molar-refractivity contribution in [1.82, 2.24) is 9.88 Å². The highest BCUT2D eigenvalue weighted by Crippen LogP contribution is 2.31. The first kappa shape index (κ1) is 25.8. The number of benzene rings is 3. The first-order valence-electron chi connectivity index (χ1n) is 13.3. The van der Waals surface area contributed by atoms with Crippen molar-refractivity contribution in [1.29, 1.82) is 0 Å². The number of Topliss-reactive ketones (excluding diaryl/α,β-unsaturated/α-hetero) is 1. The van der Waals surface area contributed by atoms with Crippen molar-refractivity contribution in [2.45, 2.75) is 32.4 Å². The van der Waals surface area contributed by atoms with Crippen LogP contribution in [0.2, 0.25) is 0 Å². The molecule has 5 nitrogen and oxygen atoms in total. The van der Waals surface area contributed by atoms with Gasteiger partial charge in [0.2, 0.25) is 0 Å². The van der Waals surface area contributed by atoms with Crippen molar-refractivity contribution >= 4 is 5.78 Å². The van der Waals surface area contributed by atoms with Crippen LogP contribution in [0.4, 0.5) is 0 Å². The third-order valence-corrected chi connectivity index (χ3v) is 6.87. The van der Waals surface area contributed by atoms with E-state index in [2.05, 4.69) is 58.4 Å². The Hall–Kier alpha value is -3.80. The topological polar surface area (TPSA) is 51.7 Å². The van der Waals surface area contributed by atoms with Gasteiger partial charge in [0.1, 0.15) is 18.1 Å². The van der Waals surface area contributed by atoms with Gasteiger partial charge in [-0.15, -0.1) is 0 Å². The van der Waals surface area contributed by atoms with E-state index in [1.165, 1.54) is 5.56 Å². The highest BCUT2D eigenvalue weighted by Gasteiger charge is 2.12. The quantitative estimate of drug-likeness (QED) is 0.253. The zero-order chi connectivity index (χ0) is 26.0. The van der Waals surface area contributed by atoms with E-state index in [0.717, 1.165) is 72.8 Å². The highest BCUT2D eigenvalue weighted by molar-refractivity contribution is 5.81. The van der Waals surface area contributed by atoms with Crippen LogP contribution < -0.4 is 4.74 Å². The second kappa shape index (κ2) is 13.1. The number of carbonyl (C=O) groups excluding carboxylic acids is 1. The van der Waals surface area contributed by atoms with Crippen LogP contribution in [0.15, 0.2) is 97.3 Å². The van der Waals surface area contributed by atoms with Crippen LogP contribution in [0.3, 0.4) is 0 Å². The van der Waals surface area contributed by atoms with Crippen LogP contribution in [0.1, 0.15) is 28.7 Å².